The van der Waals surface area contributed by atoms with Crippen molar-refractivity contribution in [2.45, 2.75) is 12.8 Å². The first-order valence-corrected chi connectivity index (χ1v) is 6.85. The Kier molecular flexibility index (Phi) is 5.81. The minimum Gasteiger partial charge on any atom is -0.493 e. The van der Waals surface area contributed by atoms with Gasteiger partial charge in [0.05, 0.1) is 12.2 Å². The van der Waals surface area contributed by atoms with Gasteiger partial charge in [0.1, 0.15) is 18.2 Å². The van der Waals surface area contributed by atoms with Crippen molar-refractivity contribution in [3.8, 4) is 17.6 Å². The first-order chi connectivity index (χ1) is 10.3. The minimum absolute atomic E-state index is 0.265. The van der Waals surface area contributed by atoms with E-state index in [0.29, 0.717) is 12.4 Å². The third-order valence-corrected chi connectivity index (χ3v) is 2.96. The highest BCUT2D eigenvalue weighted by molar-refractivity contribution is 5.39. The molecular formula is C18H17FO2. The van der Waals surface area contributed by atoms with Crippen molar-refractivity contribution >= 4 is 0 Å². The molecule has 0 fully saturated rings. The van der Waals surface area contributed by atoms with Crippen LogP contribution in [0.1, 0.15) is 17.5 Å². The molecule has 0 saturated carbocycles. The zero-order chi connectivity index (χ0) is 14.9. The molecular weight excluding hydrogens is 267 g/mol. The van der Waals surface area contributed by atoms with E-state index in [1.54, 1.807) is 12.1 Å². The largest absolute Gasteiger partial charge is 0.493 e. The number of ether oxygens (including phenoxy) is 1. The average Bonchev–Trinajstić information content (AvgIpc) is 2.52. The second kappa shape index (κ2) is 8.08. The summed E-state index contributed by atoms with van der Waals surface area (Å²) in [6.07, 6.45) is 1.81. The quantitative estimate of drug-likeness (QED) is 0.675. The number of rotatable bonds is 5. The molecule has 0 aliphatic rings. The topological polar surface area (TPSA) is 29.5 Å². The van der Waals surface area contributed by atoms with Crippen molar-refractivity contribution in [2.75, 3.05) is 13.2 Å². The second-order valence-corrected chi connectivity index (χ2v) is 4.54. The first-order valence-electron chi connectivity index (χ1n) is 6.85. The van der Waals surface area contributed by atoms with Gasteiger partial charge in [0.2, 0.25) is 0 Å². The van der Waals surface area contributed by atoms with Gasteiger partial charge < -0.3 is 9.84 Å². The van der Waals surface area contributed by atoms with Crippen molar-refractivity contribution in [3.05, 3.63) is 65.5 Å². The summed E-state index contributed by atoms with van der Waals surface area (Å²) in [5.41, 5.74) is 1.53. The molecule has 0 aliphatic heterocycles. The highest BCUT2D eigenvalue weighted by Crippen LogP contribution is 2.16. The Bertz CT molecular complexity index is 627. The second-order valence-electron chi connectivity index (χ2n) is 4.54. The van der Waals surface area contributed by atoms with Crippen LogP contribution in [0.15, 0.2) is 48.5 Å². The molecule has 0 aliphatic carbocycles. The van der Waals surface area contributed by atoms with Gasteiger partial charge in [0, 0.05) is 6.07 Å². The maximum Gasteiger partial charge on any atom is 0.142 e. The lowest BCUT2D eigenvalue weighted by molar-refractivity contribution is 0.309. The molecule has 0 atom stereocenters. The lowest BCUT2D eigenvalue weighted by atomic mass is 10.1. The Hall–Kier alpha value is -2.31. The van der Waals surface area contributed by atoms with Gasteiger partial charge in [-0.15, -0.1) is 0 Å². The summed E-state index contributed by atoms with van der Waals surface area (Å²) in [5, 5.41) is 8.59. The highest BCUT2D eigenvalue weighted by atomic mass is 19.1. The number of aliphatic hydroxyl groups excluding tert-OH is 1. The van der Waals surface area contributed by atoms with Crippen LogP contribution in [0.3, 0.4) is 0 Å². The van der Waals surface area contributed by atoms with E-state index in [4.69, 9.17) is 9.84 Å². The van der Waals surface area contributed by atoms with Crippen molar-refractivity contribution in [2.24, 2.45) is 0 Å². The molecule has 0 radical (unpaired) electrons. The summed E-state index contributed by atoms with van der Waals surface area (Å²) in [6, 6.07) is 14.7. The Morgan fingerprint density at radius 1 is 1.10 bits per heavy atom. The number of hydrogen-bond acceptors (Lipinski definition) is 2. The van der Waals surface area contributed by atoms with Gasteiger partial charge in [0.15, 0.2) is 0 Å². The van der Waals surface area contributed by atoms with Crippen LogP contribution in [0.4, 0.5) is 4.39 Å². The summed E-state index contributed by atoms with van der Waals surface area (Å²) in [6.45, 7) is 0.257. The van der Waals surface area contributed by atoms with Crippen molar-refractivity contribution in [3.63, 3.8) is 0 Å². The molecule has 0 bridgehead atoms. The fourth-order valence-electron chi connectivity index (χ4n) is 1.93. The molecule has 0 unspecified atom stereocenters. The van der Waals surface area contributed by atoms with Gasteiger partial charge in [-0.2, -0.15) is 0 Å². The van der Waals surface area contributed by atoms with E-state index in [-0.39, 0.29) is 12.2 Å². The predicted molar refractivity (Wildman–Crippen MR) is 80.6 cm³/mol. The maximum absolute atomic E-state index is 13.7. The van der Waals surface area contributed by atoms with Crippen LogP contribution in [-0.4, -0.2) is 18.3 Å². The molecule has 2 rings (SSSR count). The highest BCUT2D eigenvalue weighted by Gasteiger charge is 2.02. The van der Waals surface area contributed by atoms with E-state index in [1.807, 2.05) is 18.2 Å². The van der Waals surface area contributed by atoms with E-state index in [0.717, 1.165) is 12.8 Å². The minimum atomic E-state index is -0.434. The van der Waals surface area contributed by atoms with Gasteiger partial charge >= 0.3 is 0 Å². The van der Waals surface area contributed by atoms with Crippen LogP contribution in [0.25, 0.3) is 0 Å². The van der Waals surface area contributed by atoms with Crippen LogP contribution in [0.5, 0.6) is 5.75 Å². The number of benzene rings is 2. The Morgan fingerprint density at radius 2 is 1.90 bits per heavy atom. The smallest absolute Gasteiger partial charge is 0.142 e. The summed E-state index contributed by atoms with van der Waals surface area (Å²) in [5.74, 6) is 5.03. The van der Waals surface area contributed by atoms with Crippen LogP contribution < -0.4 is 4.74 Å². The van der Waals surface area contributed by atoms with Crippen LogP contribution >= 0.6 is 0 Å². The third-order valence-electron chi connectivity index (χ3n) is 2.96. The van der Waals surface area contributed by atoms with E-state index >= 15 is 0 Å². The summed E-state index contributed by atoms with van der Waals surface area (Å²) in [4.78, 5) is 0. The lowest BCUT2D eigenvalue weighted by Crippen LogP contribution is -2.00. The van der Waals surface area contributed by atoms with Crippen molar-refractivity contribution in [1.29, 1.82) is 0 Å². The number of hydrogen-bond donors (Lipinski definition) is 1. The monoisotopic (exact) mass is 284 g/mol. The fraction of sp³-hybridized carbons (Fsp3) is 0.222. The summed E-state index contributed by atoms with van der Waals surface area (Å²) >= 11 is 0. The van der Waals surface area contributed by atoms with Crippen molar-refractivity contribution < 1.29 is 14.2 Å². The average molecular weight is 284 g/mol. The van der Waals surface area contributed by atoms with Crippen LogP contribution in [0.2, 0.25) is 0 Å². The molecule has 108 valence electrons. The normalized spacial score (nSPS) is 9.81. The molecule has 0 aromatic heterocycles. The maximum atomic E-state index is 13.7. The van der Waals surface area contributed by atoms with Gasteiger partial charge in [-0.3, -0.25) is 0 Å². The molecule has 0 amide bonds. The zero-order valence-electron chi connectivity index (χ0n) is 11.7. The third kappa shape index (κ3) is 4.94. The molecule has 0 saturated heterocycles. The summed E-state index contributed by atoms with van der Waals surface area (Å²) in [7, 11) is 0. The summed E-state index contributed by atoms with van der Waals surface area (Å²) < 4.78 is 19.2. The molecule has 2 aromatic carbocycles. The molecule has 3 heteroatoms. The fourth-order valence-corrected chi connectivity index (χ4v) is 1.93. The number of halogens is 1. The SMILES string of the molecule is OCC#Cc1ccc(OCCCc2ccccc2)cc1F. The number of aryl methyl sites for hydroxylation is 1. The van der Waals surface area contributed by atoms with Gasteiger partial charge in [-0.05, 0) is 30.5 Å². The zero-order valence-corrected chi connectivity index (χ0v) is 11.7. The lowest BCUT2D eigenvalue weighted by Gasteiger charge is -2.07. The number of aliphatic hydroxyl groups is 1. The molecule has 2 aromatic rings. The van der Waals surface area contributed by atoms with Crippen LogP contribution in [0, 0.1) is 17.7 Å². The van der Waals surface area contributed by atoms with Crippen LogP contribution in [-0.2, 0) is 6.42 Å². The van der Waals surface area contributed by atoms with Crippen molar-refractivity contribution in [1.82, 2.24) is 0 Å². The van der Waals surface area contributed by atoms with E-state index in [2.05, 4.69) is 24.0 Å². The van der Waals surface area contributed by atoms with Gasteiger partial charge in [0.25, 0.3) is 0 Å². The Morgan fingerprint density at radius 3 is 2.62 bits per heavy atom. The van der Waals surface area contributed by atoms with E-state index in [9.17, 15) is 4.39 Å². The molecule has 21 heavy (non-hydrogen) atoms. The Balaban J connectivity index is 1.82. The van der Waals surface area contributed by atoms with E-state index < -0.39 is 5.82 Å². The van der Waals surface area contributed by atoms with Gasteiger partial charge in [-0.25, -0.2) is 4.39 Å². The Labute approximate surface area is 124 Å². The molecule has 2 nitrogen and oxygen atoms in total. The molecule has 1 N–H and O–H groups in total. The standard InChI is InChI=1S/C18H17FO2/c19-18-14-17(11-10-16(18)9-4-12-20)21-13-5-8-15-6-2-1-3-7-15/h1-3,6-7,10-11,14,20H,5,8,12-13H2. The predicted octanol–water partition coefficient (Wildman–Crippen LogP) is 3.18. The van der Waals surface area contributed by atoms with E-state index in [1.165, 1.54) is 11.6 Å². The molecule has 0 spiro atoms. The van der Waals surface area contributed by atoms with Gasteiger partial charge in [-0.1, -0.05) is 42.2 Å². The molecule has 0 heterocycles. The first kappa shape index (κ1) is 15.1.